The lowest BCUT2D eigenvalue weighted by Gasteiger charge is -2.09. The molecule has 0 aliphatic rings. The van der Waals surface area contributed by atoms with Crippen molar-refractivity contribution >= 4 is 16.9 Å². The zero-order valence-electron chi connectivity index (χ0n) is 18.4. The van der Waals surface area contributed by atoms with Crippen molar-refractivity contribution in [2.45, 2.75) is 13.3 Å². The third-order valence-corrected chi connectivity index (χ3v) is 5.07. The van der Waals surface area contributed by atoms with E-state index in [0.717, 1.165) is 6.42 Å². The number of hydrogen-bond acceptors (Lipinski definition) is 7. The fourth-order valence-electron chi connectivity index (χ4n) is 3.24. The lowest BCUT2D eigenvalue weighted by molar-refractivity contribution is 0.0734. The van der Waals surface area contributed by atoms with Crippen LogP contribution in [0.5, 0.6) is 28.7 Å². The Morgan fingerprint density at radius 1 is 0.848 bits per heavy atom. The molecule has 0 spiro atoms. The number of benzene rings is 3. The molecule has 168 valence electrons. The van der Waals surface area contributed by atoms with Crippen LogP contribution in [0.1, 0.15) is 22.8 Å². The van der Waals surface area contributed by atoms with Crippen molar-refractivity contribution in [1.29, 1.82) is 0 Å². The summed E-state index contributed by atoms with van der Waals surface area (Å²) >= 11 is 0. The first-order chi connectivity index (χ1) is 16.0. The molecule has 0 saturated heterocycles. The Morgan fingerprint density at radius 2 is 1.52 bits per heavy atom. The molecule has 4 aromatic rings. The van der Waals surface area contributed by atoms with Crippen LogP contribution in [0.25, 0.3) is 11.0 Å². The summed E-state index contributed by atoms with van der Waals surface area (Å²) in [6.07, 6.45) is 2.16. The minimum absolute atomic E-state index is 0.0694. The third kappa shape index (κ3) is 4.82. The Morgan fingerprint density at radius 3 is 2.15 bits per heavy atom. The van der Waals surface area contributed by atoms with E-state index < -0.39 is 5.97 Å². The molecule has 0 saturated carbocycles. The monoisotopic (exact) mass is 446 g/mol. The van der Waals surface area contributed by atoms with Crippen LogP contribution in [-0.4, -0.2) is 20.2 Å². The highest BCUT2D eigenvalue weighted by Gasteiger charge is 2.15. The van der Waals surface area contributed by atoms with Crippen molar-refractivity contribution in [2.24, 2.45) is 0 Å². The highest BCUT2D eigenvalue weighted by atomic mass is 16.5. The van der Waals surface area contributed by atoms with Gasteiger partial charge in [0.25, 0.3) is 0 Å². The van der Waals surface area contributed by atoms with Crippen molar-refractivity contribution < 1.29 is 28.2 Å². The van der Waals surface area contributed by atoms with E-state index in [0.29, 0.717) is 22.6 Å². The molecule has 1 aromatic heterocycles. The van der Waals surface area contributed by atoms with Gasteiger partial charge in [-0.3, -0.25) is 4.79 Å². The van der Waals surface area contributed by atoms with Crippen LogP contribution in [0.2, 0.25) is 0 Å². The first-order valence-corrected chi connectivity index (χ1v) is 10.3. The Labute approximate surface area is 190 Å². The maximum absolute atomic E-state index is 12.8. The Bertz CT molecular complexity index is 1330. The SMILES string of the molecule is CCc1ccc(Oc2coc3cc(OC(=O)c4cc(OC)cc(OC)c4)ccc3c2=O)cc1. The predicted octanol–water partition coefficient (Wildman–Crippen LogP) is 5.38. The average Bonchev–Trinajstić information content (AvgIpc) is 2.85. The summed E-state index contributed by atoms with van der Waals surface area (Å²) in [6.45, 7) is 2.06. The molecule has 0 aliphatic heterocycles. The van der Waals surface area contributed by atoms with E-state index in [2.05, 4.69) is 6.92 Å². The van der Waals surface area contributed by atoms with Gasteiger partial charge in [0.1, 0.15) is 34.8 Å². The van der Waals surface area contributed by atoms with Gasteiger partial charge in [0.15, 0.2) is 0 Å². The summed E-state index contributed by atoms with van der Waals surface area (Å²) in [5, 5.41) is 0.306. The molecular formula is C26H22O7. The van der Waals surface area contributed by atoms with E-state index in [9.17, 15) is 9.59 Å². The fourth-order valence-corrected chi connectivity index (χ4v) is 3.24. The third-order valence-electron chi connectivity index (χ3n) is 5.07. The highest BCUT2D eigenvalue weighted by Crippen LogP contribution is 2.26. The van der Waals surface area contributed by atoms with Crippen LogP contribution in [-0.2, 0) is 6.42 Å². The molecule has 0 fully saturated rings. The quantitative estimate of drug-likeness (QED) is 0.278. The Kier molecular flexibility index (Phi) is 6.31. The molecule has 0 amide bonds. The molecule has 4 rings (SSSR count). The summed E-state index contributed by atoms with van der Waals surface area (Å²) in [6, 6.07) is 16.8. The van der Waals surface area contributed by atoms with Gasteiger partial charge in [-0.1, -0.05) is 19.1 Å². The lowest BCUT2D eigenvalue weighted by Crippen LogP contribution is -2.09. The van der Waals surface area contributed by atoms with Crippen LogP contribution in [0.3, 0.4) is 0 Å². The van der Waals surface area contributed by atoms with Gasteiger partial charge in [-0.2, -0.15) is 0 Å². The standard InChI is InChI=1S/C26H22O7/c1-4-16-5-7-18(8-6-16)32-24-15-31-23-14-19(9-10-22(23)25(24)27)33-26(28)17-11-20(29-2)13-21(12-17)30-3/h5-15H,4H2,1-3H3. The van der Waals surface area contributed by atoms with Crippen molar-refractivity contribution in [3.8, 4) is 28.7 Å². The van der Waals surface area contributed by atoms with Gasteiger partial charge < -0.3 is 23.4 Å². The molecule has 7 nitrogen and oxygen atoms in total. The first-order valence-electron chi connectivity index (χ1n) is 10.3. The van der Waals surface area contributed by atoms with Crippen LogP contribution in [0.15, 0.2) is 76.1 Å². The van der Waals surface area contributed by atoms with E-state index in [4.69, 9.17) is 23.4 Å². The Hall–Kier alpha value is -4.26. The molecule has 0 unspecified atom stereocenters. The number of carbonyl (C=O) groups is 1. The fraction of sp³-hybridized carbons (Fsp3) is 0.154. The topological polar surface area (TPSA) is 84.2 Å². The second kappa shape index (κ2) is 9.48. The zero-order chi connectivity index (χ0) is 23.4. The second-order valence-corrected chi connectivity index (χ2v) is 7.18. The van der Waals surface area contributed by atoms with E-state index in [1.165, 1.54) is 44.2 Å². The van der Waals surface area contributed by atoms with Gasteiger partial charge in [-0.05, 0) is 48.4 Å². The first kappa shape index (κ1) is 22.0. The summed E-state index contributed by atoms with van der Waals surface area (Å²) in [7, 11) is 2.99. The van der Waals surface area contributed by atoms with Crippen molar-refractivity contribution in [1.82, 2.24) is 0 Å². The van der Waals surface area contributed by atoms with Crippen molar-refractivity contribution in [3.05, 3.63) is 88.3 Å². The number of esters is 1. The summed E-state index contributed by atoms with van der Waals surface area (Å²) < 4.78 is 27.1. The minimum Gasteiger partial charge on any atom is -0.497 e. The number of ether oxygens (including phenoxy) is 4. The number of methoxy groups -OCH3 is 2. The van der Waals surface area contributed by atoms with Gasteiger partial charge >= 0.3 is 5.97 Å². The molecular weight excluding hydrogens is 424 g/mol. The lowest BCUT2D eigenvalue weighted by atomic mass is 10.2. The van der Waals surface area contributed by atoms with Crippen LogP contribution in [0, 0.1) is 0 Å². The summed E-state index contributed by atoms with van der Waals surface area (Å²) in [4.78, 5) is 25.4. The molecule has 0 bridgehead atoms. The largest absolute Gasteiger partial charge is 0.497 e. The number of fused-ring (bicyclic) bond motifs is 1. The van der Waals surface area contributed by atoms with Gasteiger partial charge in [0.2, 0.25) is 11.2 Å². The maximum atomic E-state index is 12.8. The normalized spacial score (nSPS) is 10.6. The molecule has 7 heteroatoms. The van der Waals surface area contributed by atoms with Crippen LogP contribution >= 0.6 is 0 Å². The van der Waals surface area contributed by atoms with E-state index in [1.54, 1.807) is 30.3 Å². The second-order valence-electron chi connectivity index (χ2n) is 7.18. The molecule has 0 N–H and O–H groups in total. The van der Waals surface area contributed by atoms with Gasteiger partial charge in [0.05, 0.1) is 25.2 Å². The van der Waals surface area contributed by atoms with E-state index in [-0.39, 0.29) is 28.1 Å². The molecule has 3 aromatic carbocycles. The smallest absolute Gasteiger partial charge is 0.343 e. The molecule has 0 aliphatic carbocycles. The number of carbonyl (C=O) groups excluding carboxylic acids is 1. The number of rotatable bonds is 7. The van der Waals surface area contributed by atoms with Crippen LogP contribution in [0.4, 0.5) is 0 Å². The molecule has 33 heavy (non-hydrogen) atoms. The van der Waals surface area contributed by atoms with Gasteiger partial charge in [-0.25, -0.2) is 4.79 Å². The van der Waals surface area contributed by atoms with E-state index >= 15 is 0 Å². The number of aryl methyl sites for hydroxylation is 1. The molecule has 0 atom stereocenters. The van der Waals surface area contributed by atoms with Crippen molar-refractivity contribution in [2.75, 3.05) is 14.2 Å². The average molecular weight is 446 g/mol. The summed E-state index contributed by atoms with van der Waals surface area (Å²) in [5.41, 5.74) is 1.36. The highest BCUT2D eigenvalue weighted by molar-refractivity contribution is 5.92. The predicted molar refractivity (Wildman–Crippen MR) is 123 cm³/mol. The van der Waals surface area contributed by atoms with E-state index in [1.807, 2.05) is 12.1 Å². The maximum Gasteiger partial charge on any atom is 0.343 e. The van der Waals surface area contributed by atoms with Gasteiger partial charge in [-0.15, -0.1) is 0 Å². The number of hydrogen-bond donors (Lipinski definition) is 0. The zero-order valence-corrected chi connectivity index (χ0v) is 18.4. The molecule has 1 heterocycles. The van der Waals surface area contributed by atoms with Crippen LogP contribution < -0.4 is 24.4 Å². The summed E-state index contributed by atoms with van der Waals surface area (Å²) in [5.74, 6) is 1.15. The van der Waals surface area contributed by atoms with Crippen molar-refractivity contribution in [3.63, 3.8) is 0 Å². The molecule has 0 radical (unpaired) electrons. The van der Waals surface area contributed by atoms with Gasteiger partial charge in [0, 0.05) is 12.1 Å². The minimum atomic E-state index is -0.607. The Balaban J connectivity index is 1.56.